The highest BCUT2D eigenvalue weighted by atomic mass is 16.6. The van der Waals surface area contributed by atoms with E-state index in [1.807, 2.05) is 0 Å². The van der Waals surface area contributed by atoms with Gasteiger partial charge in [0.25, 0.3) is 11.6 Å². The van der Waals surface area contributed by atoms with Gasteiger partial charge in [-0.1, -0.05) is 0 Å². The van der Waals surface area contributed by atoms with E-state index in [-0.39, 0.29) is 23.8 Å². The Hall–Kier alpha value is -3.62. The van der Waals surface area contributed by atoms with E-state index in [1.54, 1.807) is 38.4 Å². The van der Waals surface area contributed by atoms with Gasteiger partial charge in [-0.15, -0.1) is 0 Å². The van der Waals surface area contributed by atoms with Gasteiger partial charge in [-0.05, 0) is 36.4 Å². The Balaban J connectivity index is 1.99. The molecule has 0 aromatic heterocycles. The van der Waals surface area contributed by atoms with Gasteiger partial charge < -0.3 is 20.3 Å². The number of rotatable bonds is 7. The van der Waals surface area contributed by atoms with E-state index in [1.165, 1.54) is 30.2 Å². The average Bonchev–Trinajstić information content (AvgIpc) is 2.66. The molecule has 2 N–H and O–H groups in total. The Bertz CT molecular complexity index is 849. The molecular formula is C18H20N4O5. The molecule has 27 heavy (non-hydrogen) atoms. The first-order chi connectivity index (χ1) is 12.8. The minimum absolute atomic E-state index is 0.0829. The molecule has 2 rings (SSSR count). The lowest BCUT2D eigenvalue weighted by atomic mass is 10.2. The van der Waals surface area contributed by atoms with Gasteiger partial charge in [0.15, 0.2) is 0 Å². The van der Waals surface area contributed by atoms with E-state index < -0.39 is 10.8 Å². The quantitative estimate of drug-likeness (QED) is 0.570. The maximum atomic E-state index is 12.1. The van der Waals surface area contributed by atoms with E-state index in [4.69, 9.17) is 4.74 Å². The number of carbonyl (C=O) groups is 2. The van der Waals surface area contributed by atoms with Crippen LogP contribution in [0, 0.1) is 10.1 Å². The van der Waals surface area contributed by atoms with E-state index in [9.17, 15) is 19.7 Å². The van der Waals surface area contributed by atoms with Crippen LogP contribution in [-0.4, -0.2) is 49.4 Å². The maximum absolute atomic E-state index is 12.1. The molecule has 0 bridgehead atoms. The fourth-order valence-corrected chi connectivity index (χ4v) is 2.26. The Morgan fingerprint density at radius 2 is 1.81 bits per heavy atom. The highest BCUT2D eigenvalue weighted by Crippen LogP contribution is 2.28. The number of nitrogens with zero attached hydrogens (tertiary/aromatic N) is 2. The second-order valence-electron chi connectivity index (χ2n) is 5.82. The molecule has 0 fully saturated rings. The number of hydrogen-bond donors (Lipinski definition) is 2. The van der Waals surface area contributed by atoms with E-state index in [2.05, 4.69) is 10.6 Å². The second kappa shape index (κ2) is 8.65. The third-order valence-electron chi connectivity index (χ3n) is 3.67. The highest BCUT2D eigenvalue weighted by molar-refractivity contribution is 5.96. The molecule has 0 radical (unpaired) electrons. The van der Waals surface area contributed by atoms with Crippen LogP contribution in [0.4, 0.5) is 17.1 Å². The lowest BCUT2D eigenvalue weighted by molar-refractivity contribution is -0.384. The zero-order valence-corrected chi connectivity index (χ0v) is 15.2. The van der Waals surface area contributed by atoms with Crippen molar-refractivity contribution in [2.45, 2.75) is 0 Å². The number of ether oxygens (including phenoxy) is 1. The third-order valence-corrected chi connectivity index (χ3v) is 3.67. The minimum atomic E-state index is -0.591. The van der Waals surface area contributed by atoms with Crippen LogP contribution in [0.15, 0.2) is 42.5 Å². The topological polar surface area (TPSA) is 114 Å². The zero-order valence-electron chi connectivity index (χ0n) is 15.2. The van der Waals surface area contributed by atoms with Crippen molar-refractivity contribution in [3.8, 4) is 5.75 Å². The van der Waals surface area contributed by atoms with E-state index >= 15 is 0 Å². The molecule has 0 aliphatic heterocycles. The van der Waals surface area contributed by atoms with Crippen LogP contribution < -0.4 is 15.4 Å². The van der Waals surface area contributed by atoms with Gasteiger partial charge in [0.05, 0.1) is 24.6 Å². The number of nitrogens with one attached hydrogen (secondary N) is 2. The summed E-state index contributed by atoms with van der Waals surface area (Å²) in [5.41, 5.74) is 1.00. The first kappa shape index (κ1) is 19.7. The molecule has 0 aliphatic carbocycles. The van der Waals surface area contributed by atoms with Gasteiger partial charge in [0.1, 0.15) is 11.4 Å². The second-order valence-corrected chi connectivity index (χ2v) is 5.82. The molecule has 9 nitrogen and oxygen atoms in total. The van der Waals surface area contributed by atoms with E-state index in [0.717, 1.165) is 0 Å². The normalized spacial score (nSPS) is 10.0. The standard InChI is InChI=1S/C18H20N4O5/c1-21(2)18(24)12-4-6-13(7-5-12)19-11-17(23)20-15-9-8-14(27-3)10-16(15)22(25)26/h4-10,19H,11H2,1-3H3,(H,20,23). The molecule has 0 spiro atoms. The summed E-state index contributed by atoms with van der Waals surface area (Å²) < 4.78 is 4.95. The molecule has 0 unspecified atom stereocenters. The summed E-state index contributed by atoms with van der Waals surface area (Å²) in [6.07, 6.45) is 0. The molecule has 2 aromatic carbocycles. The first-order valence-corrected chi connectivity index (χ1v) is 7.99. The number of nitro benzene ring substituents is 1. The van der Waals surface area contributed by atoms with Gasteiger partial charge in [0.2, 0.25) is 5.91 Å². The summed E-state index contributed by atoms with van der Waals surface area (Å²) in [5, 5.41) is 16.5. The molecule has 0 heterocycles. The Morgan fingerprint density at radius 3 is 2.37 bits per heavy atom. The molecule has 0 saturated carbocycles. The van der Waals surface area contributed by atoms with Crippen LogP contribution in [-0.2, 0) is 4.79 Å². The monoisotopic (exact) mass is 372 g/mol. The highest BCUT2D eigenvalue weighted by Gasteiger charge is 2.17. The fourth-order valence-electron chi connectivity index (χ4n) is 2.26. The maximum Gasteiger partial charge on any atom is 0.296 e. The number of anilines is 2. The largest absolute Gasteiger partial charge is 0.496 e. The van der Waals surface area contributed by atoms with Crippen molar-refractivity contribution in [3.63, 3.8) is 0 Å². The summed E-state index contributed by atoms with van der Waals surface area (Å²) in [7, 11) is 4.73. The van der Waals surface area contributed by atoms with E-state index in [0.29, 0.717) is 17.0 Å². The summed E-state index contributed by atoms with van der Waals surface area (Å²) in [4.78, 5) is 35.9. The number of carbonyl (C=O) groups excluding carboxylic acids is 2. The van der Waals surface area contributed by atoms with Crippen LogP contribution in [0.25, 0.3) is 0 Å². The average molecular weight is 372 g/mol. The molecule has 142 valence electrons. The van der Waals surface area contributed by atoms with Crippen LogP contribution >= 0.6 is 0 Å². The van der Waals surface area contributed by atoms with Crippen LogP contribution in [0.1, 0.15) is 10.4 Å². The lowest BCUT2D eigenvalue weighted by Crippen LogP contribution is -2.23. The Labute approximate surface area is 156 Å². The van der Waals surface area contributed by atoms with Crippen LogP contribution in [0.5, 0.6) is 5.75 Å². The van der Waals surface area contributed by atoms with Crippen molar-refractivity contribution < 1.29 is 19.2 Å². The lowest BCUT2D eigenvalue weighted by Gasteiger charge is -2.11. The predicted octanol–water partition coefficient (Wildman–Crippen LogP) is 2.36. The van der Waals surface area contributed by atoms with Gasteiger partial charge >= 0.3 is 0 Å². The van der Waals surface area contributed by atoms with Crippen molar-refractivity contribution in [3.05, 3.63) is 58.1 Å². The Kier molecular flexibility index (Phi) is 6.32. The summed E-state index contributed by atoms with van der Waals surface area (Å²) in [6, 6.07) is 10.8. The SMILES string of the molecule is COc1ccc(NC(=O)CNc2ccc(C(=O)N(C)C)cc2)c([N+](=O)[O-])c1. The van der Waals surface area contributed by atoms with Crippen molar-refractivity contribution in [1.82, 2.24) is 4.90 Å². The molecule has 2 aromatic rings. The predicted molar refractivity (Wildman–Crippen MR) is 101 cm³/mol. The van der Waals surface area contributed by atoms with Gasteiger partial charge in [0, 0.05) is 25.3 Å². The van der Waals surface area contributed by atoms with Crippen molar-refractivity contribution >= 4 is 28.9 Å². The van der Waals surface area contributed by atoms with Crippen molar-refractivity contribution in [2.75, 3.05) is 38.4 Å². The number of nitro groups is 1. The van der Waals surface area contributed by atoms with Gasteiger partial charge in [-0.3, -0.25) is 19.7 Å². The first-order valence-electron chi connectivity index (χ1n) is 7.99. The number of benzene rings is 2. The van der Waals surface area contributed by atoms with Crippen LogP contribution in [0.2, 0.25) is 0 Å². The van der Waals surface area contributed by atoms with Crippen LogP contribution in [0.3, 0.4) is 0 Å². The van der Waals surface area contributed by atoms with Gasteiger partial charge in [-0.2, -0.15) is 0 Å². The zero-order chi connectivity index (χ0) is 20.0. The van der Waals surface area contributed by atoms with Gasteiger partial charge in [-0.25, -0.2) is 0 Å². The summed E-state index contributed by atoms with van der Waals surface area (Å²) in [5.74, 6) is -0.243. The summed E-state index contributed by atoms with van der Waals surface area (Å²) in [6.45, 7) is -0.0931. The number of hydrogen-bond acceptors (Lipinski definition) is 6. The minimum Gasteiger partial charge on any atom is -0.496 e. The molecule has 0 atom stereocenters. The number of amides is 2. The third kappa shape index (κ3) is 5.18. The molecule has 9 heteroatoms. The van der Waals surface area contributed by atoms with Crippen molar-refractivity contribution in [2.24, 2.45) is 0 Å². The summed E-state index contributed by atoms with van der Waals surface area (Å²) >= 11 is 0. The molecular weight excluding hydrogens is 352 g/mol. The Morgan fingerprint density at radius 1 is 1.15 bits per heavy atom. The molecule has 0 aliphatic rings. The smallest absolute Gasteiger partial charge is 0.296 e. The van der Waals surface area contributed by atoms with Crippen molar-refractivity contribution in [1.29, 1.82) is 0 Å². The molecule has 0 saturated heterocycles. The molecule has 2 amide bonds. The fraction of sp³-hybridized carbons (Fsp3) is 0.222. The number of methoxy groups -OCH3 is 1.